The molecule has 4 aliphatic carbocycles. The molecule has 0 unspecified atom stereocenters. The Morgan fingerprint density at radius 3 is 2.56 bits per heavy atom. The van der Waals surface area contributed by atoms with Crippen molar-refractivity contribution < 1.29 is 9.59 Å². The fourth-order valence-electron chi connectivity index (χ4n) is 6.71. The number of ketones is 2. The second kappa shape index (κ2) is 5.98. The van der Waals surface area contributed by atoms with Crippen LogP contribution in [0.25, 0.3) is 0 Å². The molecule has 0 heterocycles. The number of hydrogen-bond acceptors (Lipinski definition) is 4. The van der Waals surface area contributed by atoms with E-state index in [1.807, 2.05) is 0 Å². The molecular formula is C21H27NO2S. The summed E-state index contributed by atoms with van der Waals surface area (Å²) in [5.74, 6) is 2.89. The van der Waals surface area contributed by atoms with Gasteiger partial charge < -0.3 is 0 Å². The van der Waals surface area contributed by atoms with Crippen LogP contribution in [0.1, 0.15) is 65.2 Å². The molecule has 0 amide bonds. The summed E-state index contributed by atoms with van der Waals surface area (Å²) in [5.41, 5.74) is 1.36. The van der Waals surface area contributed by atoms with Crippen LogP contribution in [-0.2, 0) is 9.59 Å². The van der Waals surface area contributed by atoms with Gasteiger partial charge in [0.1, 0.15) is 5.78 Å². The average Bonchev–Trinajstić information content (AvgIpc) is 2.90. The van der Waals surface area contributed by atoms with Crippen molar-refractivity contribution in [1.29, 1.82) is 5.26 Å². The van der Waals surface area contributed by atoms with E-state index in [4.69, 9.17) is 5.26 Å². The number of allylic oxidation sites excluding steroid dienone is 1. The monoisotopic (exact) mass is 357 g/mol. The van der Waals surface area contributed by atoms with Crippen molar-refractivity contribution in [3.63, 3.8) is 0 Å². The predicted octanol–water partition coefficient (Wildman–Crippen LogP) is 4.67. The molecule has 0 bridgehead atoms. The van der Waals surface area contributed by atoms with E-state index in [-0.39, 0.29) is 16.6 Å². The number of carbonyl (C=O) groups is 2. The van der Waals surface area contributed by atoms with Gasteiger partial charge in [0, 0.05) is 18.3 Å². The summed E-state index contributed by atoms with van der Waals surface area (Å²) in [6.45, 7) is 4.59. The van der Waals surface area contributed by atoms with Crippen molar-refractivity contribution in [3.8, 4) is 6.07 Å². The van der Waals surface area contributed by atoms with Crippen molar-refractivity contribution in [2.24, 2.45) is 28.6 Å². The lowest BCUT2D eigenvalue weighted by molar-refractivity contribution is -0.132. The van der Waals surface area contributed by atoms with Crippen molar-refractivity contribution >= 4 is 23.3 Å². The first-order valence-corrected chi connectivity index (χ1v) is 10.7. The Morgan fingerprint density at radius 2 is 1.80 bits per heavy atom. The van der Waals surface area contributed by atoms with Crippen LogP contribution in [0.4, 0.5) is 0 Å². The Balaban J connectivity index is 1.70. The van der Waals surface area contributed by atoms with Gasteiger partial charge in [0.25, 0.3) is 0 Å². The maximum atomic E-state index is 12.5. The van der Waals surface area contributed by atoms with Crippen LogP contribution < -0.4 is 0 Å². The van der Waals surface area contributed by atoms with Crippen LogP contribution in [0.15, 0.2) is 10.5 Å². The summed E-state index contributed by atoms with van der Waals surface area (Å²) in [6.07, 6.45) is 7.66. The Labute approximate surface area is 154 Å². The summed E-state index contributed by atoms with van der Waals surface area (Å²) in [4.78, 5) is 25.9. The van der Waals surface area contributed by atoms with Gasteiger partial charge in [-0.15, -0.1) is 11.8 Å². The Kier molecular flexibility index (Phi) is 4.15. The minimum atomic E-state index is -0.0817. The fourth-order valence-corrected chi connectivity index (χ4v) is 7.69. The van der Waals surface area contributed by atoms with Crippen molar-refractivity contribution in [1.82, 2.24) is 0 Å². The number of carbonyl (C=O) groups excluding carboxylic acids is 2. The molecule has 4 rings (SSSR count). The molecule has 0 aromatic heterocycles. The highest BCUT2D eigenvalue weighted by Gasteiger charge is 2.59. The number of Topliss-reactive ketones (excluding diaryl/α,β-unsaturated/α-hetero) is 2. The molecule has 0 aromatic rings. The quantitative estimate of drug-likeness (QED) is 0.720. The number of nitriles is 1. The highest BCUT2D eigenvalue weighted by atomic mass is 32.2. The molecule has 0 aliphatic heterocycles. The summed E-state index contributed by atoms with van der Waals surface area (Å²) in [6, 6.07) is 2.18. The maximum absolute atomic E-state index is 12.5. The van der Waals surface area contributed by atoms with E-state index in [0.29, 0.717) is 35.7 Å². The summed E-state index contributed by atoms with van der Waals surface area (Å²) in [7, 11) is 0. The van der Waals surface area contributed by atoms with Crippen LogP contribution >= 0.6 is 11.8 Å². The summed E-state index contributed by atoms with van der Waals surface area (Å²) in [5, 5.41) is 8.95. The fraction of sp³-hybridized carbons (Fsp3) is 0.762. The van der Waals surface area contributed by atoms with E-state index < -0.39 is 0 Å². The minimum absolute atomic E-state index is 0.0817. The zero-order chi connectivity index (χ0) is 17.8. The third-order valence-corrected chi connectivity index (χ3v) is 9.10. The SMILES string of the molecule is C[C@]12CCC(=O)C(SCC#N)=C1CC[C@@H]1[C@@H]2CC[C@]2(C)C(=O)CC[C@@H]12. The Hall–Kier alpha value is -1.08. The van der Waals surface area contributed by atoms with E-state index in [0.717, 1.165) is 49.9 Å². The Morgan fingerprint density at radius 1 is 1.04 bits per heavy atom. The summed E-state index contributed by atoms with van der Waals surface area (Å²) >= 11 is 1.46. The van der Waals surface area contributed by atoms with Crippen LogP contribution in [0.5, 0.6) is 0 Å². The first-order chi connectivity index (χ1) is 11.9. The second-order valence-corrected chi connectivity index (χ2v) is 9.91. The number of hydrogen-bond donors (Lipinski definition) is 0. The molecule has 4 aliphatic rings. The topological polar surface area (TPSA) is 57.9 Å². The zero-order valence-corrected chi connectivity index (χ0v) is 16.1. The van der Waals surface area contributed by atoms with E-state index in [2.05, 4.69) is 19.9 Å². The van der Waals surface area contributed by atoms with Crippen molar-refractivity contribution in [3.05, 3.63) is 10.5 Å². The molecule has 3 saturated carbocycles. The molecule has 3 fully saturated rings. The maximum Gasteiger partial charge on any atom is 0.169 e. The number of fused-ring (bicyclic) bond motifs is 5. The van der Waals surface area contributed by atoms with E-state index >= 15 is 0 Å². The van der Waals surface area contributed by atoms with Crippen molar-refractivity contribution in [2.45, 2.75) is 65.2 Å². The van der Waals surface area contributed by atoms with Crippen molar-refractivity contribution in [2.75, 3.05) is 5.75 Å². The average molecular weight is 358 g/mol. The molecule has 0 aromatic carbocycles. The van der Waals surface area contributed by atoms with E-state index in [1.165, 1.54) is 17.3 Å². The van der Waals surface area contributed by atoms with Gasteiger partial charge >= 0.3 is 0 Å². The van der Waals surface area contributed by atoms with Gasteiger partial charge in [0.2, 0.25) is 0 Å². The van der Waals surface area contributed by atoms with Gasteiger partial charge in [-0.05, 0) is 67.3 Å². The predicted molar refractivity (Wildman–Crippen MR) is 98.7 cm³/mol. The van der Waals surface area contributed by atoms with Crippen LogP contribution in [0.2, 0.25) is 0 Å². The van der Waals surface area contributed by atoms with Gasteiger partial charge in [0.05, 0.1) is 16.7 Å². The molecule has 0 radical (unpaired) electrons. The standard InChI is InChI=1S/C21H27NO2S/c1-20-10-8-17(23)19(25-12-11-22)16(20)4-3-13-14-5-6-18(24)21(14,2)9-7-15(13)20/h13-15H,3-10,12H2,1-2H3/t13-,14-,15-,20+,21-/m0/s1. The first kappa shape index (κ1) is 17.3. The molecule has 25 heavy (non-hydrogen) atoms. The number of nitrogens with zero attached hydrogens (tertiary/aromatic N) is 1. The van der Waals surface area contributed by atoms with Gasteiger partial charge in [-0.2, -0.15) is 5.26 Å². The lowest BCUT2D eigenvalue weighted by atomic mass is 9.47. The molecule has 0 N–H and O–H groups in total. The number of rotatable bonds is 2. The third kappa shape index (κ3) is 2.38. The Bertz CT molecular complexity index is 705. The molecule has 0 saturated heterocycles. The van der Waals surface area contributed by atoms with Crippen LogP contribution in [-0.4, -0.2) is 17.3 Å². The minimum Gasteiger partial charge on any atom is -0.299 e. The van der Waals surface area contributed by atoms with Gasteiger partial charge in [-0.25, -0.2) is 0 Å². The third-order valence-electron chi connectivity index (χ3n) is 8.06. The second-order valence-electron chi connectivity index (χ2n) is 8.93. The highest BCUT2D eigenvalue weighted by molar-refractivity contribution is 8.04. The molecular weight excluding hydrogens is 330 g/mol. The van der Waals surface area contributed by atoms with E-state index in [1.54, 1.807) is 0 Å². The first-order valence-electron chi connectivity index (χ1n) is 9.71. The van der Waals surface area contributed by atoms with E-state index in [9.17, 15) is 9.59 Å². The molecule has 134 valence electrons. The molecule has 4 heteroatoms. The highest BCUT2D eigenvalue weighted by Crippen LogP contribution is 2.65. The smallest absolute Gasteiger partial charge is 0.169 e. The van der Waals surface area contributed by atoms with Gasteiger partial charge in [0.15, 0.2) is 5.78 Å². The van der Waals surface area contributed by atoms with Crippen LogP contribution in [0, 0.1) is 39.9 Å². The largest absolute Gasteiger partial charge is 0.299 e. The molecule has 5 atom stereocenters. The van der Waals surface area contributed by atoms with Gasteiger partial charge in [-0.3, -0.25) is 9.59 Å². The van der Waals surface area contributed by atoms with Gasteiger partial charge in [-0.1, -0.05) is 13.8 Å². The lowest BCUT2D eigenvalue weighted by Gasteiger charge is -2.57. The normalized spacial score (nSPS) is 43.3. The van der Waals surface area contributed by atoms with Crippen LogP contribution in [0.3, 0.4) is 0 Å². The zero-order valence-electron chi connectivity index (χ0n) is 15.3. The number of thioether (sulfide) groups is 1. The summed E-state index contributed by atoms with van der Waals surface area (Å²) < 4.78 is 0. The lowest BCUT2D eigenvalue weighted by Crippen LogP contribution is -2.51. The molecule has 3 nitrogen and oxygen atoms in total. The molecule has 0 spiro atoms.